The van der Waals surface area contributed by atoms with E-state index in [4.69, 9.17) is 0 Å². The molecule has 2 N–H and O–H groups in total. The van der Waals surface area contributed by atoms with Crippen LogP contribution in [0.2, 0.25) is 0 Å². The first-order chi connectivity index (χ1) is 16.7. The summed E-state index contributed by atoms with van der Waals surface area (Å²) in [6.07, 6.45) is 0. The van der Waals surface area contributed by atoms with E-state index in [1.54, 1.807) is 0 Å². The molecule has 0 aliphatic rings. The Balaban J connectivity index is 0.00000361. The Labute approximate surface area is 308 Å². The van der Waals surface area contributed by atoms with Crippen molar-refractivity contribution in [2.45, 2.75) is 17.0 Å². The molecule has 192 valence electrons. The van der Waals surface area contributed by atoms with Crippen molar-refractivity contribution in [3.05, 3.63) is 45.7 Å². The van der Waals surface area contributed by atoms with Gasteiger partial charge in [-0.15, -0.1) is 10.2 Å². The number of hydrogen-bond donors (Lipinski definition) is 2. The van der Waals surface area contributed by atoms with Crippen molar-refractivity contribution in [1.29, 1.82) is 0 Å². The number of aromatic hydroxyl groups is 1. The van der Waals surface area contributed by atoms with Gasteiger partial charge >= 0.3 is 109 Å². The van der Waals surface area contributed by atoms with Gasteiger partial charge in [-0.2, -0.15) is 9.36 Å². The molecular formula is C17H13K2N5O10S4. The van der Waals surface area contributed by atoms with Crippen molar-refractivity contribution in [1.82, 2.24) is 13.9 Å². The molecule has 0 aliphatic heterocycles. The van der Waals surface area contributed by atoms with Crippen molar-refractivity contribution in [2.75, 3.05) is 11.5 Å². The first-order valence-electron chi connectivity index (χ1n) is 9.29. The van der Waals surface area contributed by atoms with Crippen LogP contribution in [0, 0.1) is 6.92 Å². The zero-order chi connectivity index (χ0) is 26.8. The van der Waals surface area contributed by atoms with E-state index in [0.717, 1.165) is 47.6 Å². The van der Waals surface area contributed by atoms with Gasteiger partial charge in [-0.05, 0) is 31.2 Å². The molecule has 0 amide bonds. The summed E-state index contributed by atoms with van der Waals surface area (Å²) in [6.45, 7) is 1.21. The maximum absolute atomic E-state index is 13.1. The molecule has 0 saturated heterocycles. The first-order valence-corrected chi connectivity index (χ1v) is 14.0. The number of benzene rings is 1. The molecule has 21 heteroatoms. The van der Waals surface area contributed by atoms with Gasteiger partial charge in [0.15, 0.2) is 5.69 Å². The number of nitrogens with zero attached hydrogens (tertiary/aromatic N) is 5. The molecule has 38 heavy (non-hydrogen) atoms. The summed E-state index contributed by atoms with van der Waals surface area (Å²) >= 11 is 1.60. The molecule has 3 rings (SSSR count). The van der Waals surface area contributed by atoms with E-state index in [2.05, 4.69) is 19.6 Å². The minimum atomic E-state index is -4.80. The van der Waals surface area contributed by atoms with Crippen LogP contribution in [0.4, 0.5) is 10.8 Å². The number of azo groups is 1. The summed E-state index contributed by atoms with van der Waals surface area (Å²) in [5, 5.41) is 27.6. The third kappa shape index (κ3) is 9.28. The van der Waals surface area contributed by atoms with Crippen molar-refractivity contribution >= 4 is 60.3 Å². The second kappa shape index (κ2) is 14.8. The molecule has 0 saturated carbocycles. The smallest absolute Gasteiger partial charge is 0.748 e. The number of carboxylic acids is 1. The molecule has 0 bridgehead atoms. The molecule has 0 atom stereocenters. The molecule has 3 aromatic rings. The number of pyridine rings is 1. The Morgan fingerprint density at radius 2 is 1.74 bits per heavy atom. The normalized spacial score (nSPS) is 11.7. The quantitative estimate of drug-likeness (QED) is 0.0956. The number of carbonyl (C=O) groups is 1. The van der Waals surface area contributed by atoms with Gasteiger partial charge in [0.05, 0.1) is 20.7 Å². The van der Waals surface area contributed by atoms with Gasteiger partial charge in [0.2, 0.25) is 16.2 Å². The van der Waals surface area contributed by atoms with Gasteiger partial charge in [0.1, 0.15) is 15.7 Å². The van der Waals surface area contributed by atoms with E-state index in [-0.39, 0.29) is 130 Å². The number of aromatic nitrogens is 3. The Bertz CT molecular complexity index is 1640. The maximum atomic E-state index is 13.1. The molecular weight excluding hydrogens is 641 g/mol. The summed E-state index contributed by atoms with van der Waals surface area (Å²) < 4.78 is 69.9. The Kier molecular flexibility index (Phi) is 14.0. The first kappa shape index (κ1) is 36.1. The van der Waals surface area contributed by atoms with Crippen molar-refractivity contribution in [3.8, 4) is 11.6 Å². The fourth-order valence-corrected chi connectivity index (χ4v) is 5.50. The Hall–Kier alpha value is 0.0427. The summed E-state index contributed by atoms with van der Waals surface area (Å²) in [7, 11) is -9.21. The number of carboxylic acid groups (broad SMARTS) is 1. The number of hydrogen-bond acceptors (Lipinski definition) is 15. The summed E-state index contributed by atoms with van der Waals surface area (Å²) in [6, 6.07) is 3.79. The second-order valence-corrected chi connectivity index (χ2v) is 11.4. The zero-order valence-corrected chi connectivity index (χ0v) is 29.3. The van der Waals surface area contributed by atoms with Crippen LogP contribution < -0.4 is 108 Å². The molecule has 0 radical (unpaired) electrons. The maximum Gasteiger partial charge on any atom is 1.00 e. The van der Waals surface area contributed by atoms with Gasteiger partial charge in [-0.1, -0.05) is 11.8 Å². The van der Waals surface area contributed by atoms with Gasteiger partial charge in [-0.3, -0.25) is 4.79 Å². The van der Waals surface area contributed by atoms with Crippen LogP contribution in [-0.2, 0) is 20.2 Å². The van der Waals surface area contributed by atoms with E-state index in [9.17, 15) is 45.7 Å². The third-order valence-electron chi connectivity index (χ3n) is 4.37. The van der Waals surface area contributed by atoms with Crippen LogP contribution in [0.5, 0.6) is 5.88 Å². The second-order valence-electron chi connectivity index (χ2n) is 6.74. The summed E-state index contributed by atoms with van der Waals surface area (Å²) in [5.41, 5.74) is -2.59. The Morgan fingerprint density at radius 1 is 1.13 bits per heavy atom. The van der Waals surface area contributed by atoms with Crippen LogP contribution in [0.15, 0.2) is 49.3 Å². The van der Waals surface area contributed by atoms with Crippen LogP contribution >= 0.6 is 23.3 Å². The Morgan fingerprint density at radius 3 is 2.26 bits per heavy atom. The van der Waals surface area contributed by atoms with Crippen molar-refractivity contribution in [2.24, 2.45) is 10.2 Å². The average molecular weight is 654 g/mol. The fraction of sp³-hybridized carbons (Fsp3) is 0.176. The van der Waals surface area contributed by atoms with E-state index < -0.39 is 59.5 Å². The zero-order valence-electron chi connectivity index (χ0n) is 19.8. The molecule has 1 aromatic carbocycles. The van der Waals surface area contributed by atoms with Crippen LogP contribution in [0.25, 0.3) is 5.69 Å². The van der Waals surface area contributed by atoms with E-state index in [0.29, 0.717) is 4.57 Å². The van der Waals surface area contributed by atoms with Gasteiger partial charge in [0.25, 0.3) is 5.56 Å². The van der Waals surface area contributed by atoms with Crippen molar-refractivity contribution in [3.63, 3.8) is 0 Å². The minimum absolute atomic E-state index is 0. The van der Waals surface area contributed by atoms with Crippen LogP contribution in [-0.4, -0.2) is 67.6 Å². The largest absolute Gasteiger partial charge is 1.00 e. The molecule has 0 fully saturated rings. The topological polar surface area (TPSA) is 244 Å². The molecule has 2 heterocycles. The molecule has 2 aromatic heterocycles. The minimum Gasteiger partial charge on any atom is -0.748 e. The number of thioether (sulfide) groups is 1. The van der Waals surface area contributed by atoms with Gasteiger partial charge < -0.3 is 19.3 Å². The predicted molar refractivity (Wildman–Crippen MR) is 123 cm³/mol. The van der Waals surface area contributed by atoms with Crippen LogP contribution in [0.3, 0.4) is 0 Å². The van der Waals surface area contributed by atoms with Gasteiger partial charge in [0, 0.05) is 28.6 Å². The molecule has 0 aliphatic carbocycles. The molecule has 0 spiro atoms. The number of rotatable bonds is 9. The predicted octanol–water partition coefficient (Wildman–Crippen LogP) is -4.63. The van der Waals surface area contributed by atoms with Gasteiger partial charge in [-0.25, -0.2) is 26.2 Å². The molecule has 15 nitrogen and oxygen atoms in total. The summed E-state index contributed by atoms with van der Waals surface area (Å²) in [4.78, 5) is 28.2. The van der Waals surface area contributed by atoms with Crippen molar-refractivity contribution < 1.29 is 144 Å². The standard InChI is InChI=1S/C17H15N5O10S4.2K/c1-8-11(15(25)26)13(23)22(9-2-4-10(5-3-9)36(30,31)32)14(24)12(8)19-20-16-18-17(21-34-16)33-6-7-35(27,28)29;;/h2-5,23H,6-7H2,1H3,(H,25,26)(H,27,28,29)(H,30,31,32);;/q;2*+1/p-2. The van der Waals surface area contributed by atoms with Crippen LogP contribution in [0.1, 0.15) is 15.9 Å². The monoisotopic (exact) mass is 653 g/mol. The fourth-order valence-electron chi connectivity index (χ4n) is 2.77. The molecule has 0 unspecified atom stereocenters. The average Bonchev–Trinajstić information content (AvgIpc) is 3.19. The number of aromatic carboxylic acids is 1. The summed E-state index contributed by atoms with van der Waals surface area (Å²) in [5.74, 6) is -3.31. The van der Waals surface area contributed by atoms with E-state index in [1.165, 1.54) is 6.92 Å². The van der Waals surface area contributed by atoms with E-state index >= 15 is 0 Å². The SMILES string of the molecule is Cc1c(C(=O)O)c(O)n(-c2ccc(S(=O)(=O)[O-])cc2)c(=O)c1N=Nc1nc(SCCS(=O)(=O)[O-])ns1.[K+].[K+]. The third-order valence-corrected chi connectivity index (χ3v) is 7.74. The van der Waals surface area contributed by atoms with E-state index in [1.807, 2.05) is 0 Å².